The summed E-state index contributed by atoms with van der Waals surface area (Å²) in [5, 5.41) is 0. The van der Waals surface area contributed by atoms with E-state index in [-0.39, 0.29) is 18.0 Å². The summed E-state index contributed by atoms with van der Waals surface area (Å²) in [5.41, 5.74) is 0.482. The van der Waals surface area contributed by atoms with Crippen LogP contribution >= 0.6 is 15.9 Å². The van der Waals surface area contributed by atoms with Crippen molar-refractivity contribution >= 4 is 31.8 Å². The van der Waals surface area contributed by atoms with Crippen LogP contribution in [0.4, 0.5) is 19.0 Å². The Morgan fingerprint density at radius 3 is 2.24 bits per heavy atom. The molecular formula is C12H8BrF3N2O2S. The molecule has 9 heteroatoms. The molecule has 2 aromatic rings. The molecule has 0 saturated heterocycles. The Kier molecular flexibility index (Phi) is 4.24. The number of nitrogens with zero attached hydrogens (tertiary/aromatic N) is 1. The molecule has 0 aliphatic carbocycles. The Balaban J connectivity index is 2.46. The van der Waals surface area contributed by atoms with Gasteiger partial charge in [-0.2, -0.15) is 0 Å². The molecule has 0 amide bonds. The van der Waals surface area contributed by atoms with E-state index in [1.807, 2.05) is 4.72 Å². The second kappa shape index (κ2) is 5.64. The molecule has 0 atom stereocenters. The number of hydrogen-bond acceptors (Lipinski definition) is 3. The Bertz CT molecular complexity index is 789. The van der Waals surface area contributed by atoms with E-state index in [0.29, 0.717) is 10.2 Å². The first-order valence-corrected chi connectivity index (χ1v) is 7.79. The van der Waals surface area contributed by atoms with Crippen LogP contribution in [-0.4, -0.2) is 13.4 Å². The van der Waals surface area contributed by atoms with Crippen LogP contribution in [0.1, 0.15) is 5.69 Å². The highest BCUT2D eigenvalue weighted by molar-refractivity contribution is 9.10. The van der Waals surface area contributed by atoms with Crippen molar-refractivity contribution in [3.05, 3.63) is 51.9 Å². The zero-order chi connectivity index (χ0) is 15.8. The number of hydrogen-bond donors (Lipinski definition) is 1. The number of halogens is 4. The Morgan fingerprint density at radius 1 is 1.14 bits per heavy atom. The number of sulfonamides is 1. The Hall–Kier alpha value is -1.61. The van der Waals surface area contributed by atoms with E-state index < -0.39 is 32.4 Å². The topological polar surface area (TPSA) is 59.1 Å². The lowest BCUT2D eigenvalue weighted by Gasteiger charge is -2.10. The molecule has 112 valence electrons. The summed E-state index contributed by atoms with van der Waals surface area (Å²) < 4.78 is 66.4. The lowest BCUT2D eigenvalue weighted by Crippen LogP contribution is -2.17. The van der Waals surface area contributed by atoms with Gasteiger partial charge in [0.15, 0.2) is 4.90 Å². The van der Waals surface area contributed by atoms with Gasteiger partial charge in [-0.3, -0.25) is 4.72 Å². The lowest BCUT2D eigenvalue weighted by atomic mass is 10.3. The van der Waals surface area contributed by atoms with Crippen LogP contribution in [-0.2, 0) is 10.0 Å². The van der Waals surface area contributed by atoms with Crippen LogP contribution in [0.5, 0.6) is 0 Å². The van der Waals surface area contributed by atoms with Crippen molar-refractivity contribution in [2.45, 2.75) is 11.8 Å². The summed E-state index contributed by atoms with van der Waals surface area (Å²) in [7, 11) is -4.57. The summed E-state index contributed by atoms with van der Waals surface area (Å²) in [5.74, 6) is -4.36. The molecule has 0 radical (unpaired) electrons. The third-order valence-electron chi connectivity index (χ3n) is 2.49. The van der Waals surface area contributed by atoms with Gasteiger partial charge in [-0.05, 0) is 35.0 Å². The molecule has 0 spiro atoms. The first-order valence-electron chi connectivity index (χ1n) is 5.51. The average Bonchev–Trinajstić information content (AvgIpc) is 2.31. The summed E-state index contributed by atoms with van der Waals surface area (Å²) in [4.78, 5) is 2.65. The Morgan fingerprint density at radius 2 is 1.71 bits per heavy atom. The number of benzene rings is 1. The number of pyridine rings is 1. The van der Waals surface area contributed by atoms with Crippen LogP contribution in [0.15, 0.2) is 33.6 Å². The highest BCUT2D eigenvalue weighted by atomic mass is 79.9. The number of aromatic nitrogens is 1. The van der Waals surface area contributed by atoms with Crippen molar-refractivity contribution < 1.29 is 21.6 Å². The number of anilines is 1. The van der Waals surface area contributed by atoms with Crippen molar-refractivity contribution in [3.8, 4) is 0 Å². The molecule has 2 rings (SSSR count). The first kappa shape index (κ1) is 15.8. The maximum Gasteiger partial charge on any atom is 0.268 e. The predicted octanol–water partition coefficient (Wildman–Crippen LogP) is 3.37. The van der Waals surface area contributed by atoms with Crippen LogP contribution in [0.2, 0.25) is 0 Å². The number of rotatable bonds is 3. The van der Waals surface area contributed by atoms with Gasteiger partial charge in [0.05, 0.1) is 5.69 Å². The van der Waals surface area contributed by atoms with E-state index in [9.17, 15) is 21.6 Å². The van der Waals surface area contributed by atoms with Crippen LogP contribution in [0.25, 0.3) is 0 Å². The third kappa shape index (κ3) is 3.35. The van der Waals surface area contributed by atoms with E-state index in [0.717, 1.165) is 0 Å². The molecule has 0 unspecified atom stereocenters. The summed E-state index contributed by atoms with van der Waals surface area (Å²) in [6.45, 7) is 1.61. The predicted molar refractivity (Wildman–Crippen MR) is 73.8 cm³/mol. The van der Waals surface area contributed by atoms with Gasteiger partial charge < -0.3 is 0 Å². The van der Waals surface area contributed by atoms with Gasteiger partial charge in [-0.15, -0.1) is 0 Å². The fraction of sp³-hybridized carbons (Fsp3) is 0.0833. The molecule has 1 aromatic carbocycles. The van der Waals surface area contributed by atoms with E-state index in [4.69, 9.17) is 0 Å². The molecule has 0 bridgehead atoms. The fourth-order valence-electron chi connectivity index (χ4n) is 1.58. The standard InChI is InChI=1S/C12H8BrF3N2O2S/c1-6-8(13)2-3-11(17-6)18-21(19,20)12-9(15)4-7(14)5-10(12)16/h2-5H,1H3,(H,17,18). The molecule has 1 heterocycles. The normalized spacial score (nSPS) is 11.5. The van der Waals surface area contributed by atoms with Crippen molar-refractivity contribution in [3.63, 3.8) is 0 Å². The largest absolute Gasteiger partial charge is 0.268 e. The first-order chi connectivity index (χ1) is 9.70. The fourth-order valence-corrected chi connectivity index (χ4v) is 2.92. The van der Waals surface area contributed by atoms with Gasteiger partial charge in [-0.25, -0.2) is 26.6 Å². The van der Waals surface area contributed by atoms with Gasteiger partial charge in [0.1, 0.15) is 23.3 Å². The smallest absolute Gasteiger partial charge is 0.263 e. The highest BCUT2D eigenvalue weighted by Gasteiger charge is 2.25. The van der Waals surface area contributed by atoms with Gasteiger partial charge in [0.25, 0.3) is 10.0 Å². The zero-order valence-electron chi connectivity index (χ0n) is 10.5. The molecule has 0 fully saturated rings. The minimum absolute atomic E-state index is 0.112. The summed E-state index contributed by atoms with van der Waals surface area (Å²) in [6.07, 6.45) is 0. The molecule has 0 aliphatic rings. The van der Waals surface area contributed by atoms with E-state index in [1.165, 1.54) is 12.1 Å². The van der Waals surface area contributed by atoms with E-state index in [1.54, 1.807) is 6.92 Å². The van der Waals surface area contributed by atoms with E-state index >= 15 is 0 Å². The average molecular weight is 381 g/mol. The molecular weight excluding hydrogens is 373 g/mol. The minimum atomic E-state index is -4.57. The maximum atomic E-state index is 13.5. The third-order valence-corrected chi connectivity index (χ3v) is 4.74. The lowest BCUT2D eigenvalue weighted by molar-refractivity contribution is 0.498. The molecule has 4 nitrogen and oxygen atoms in total. The highest BCUT2D eigenvalue weighted by Crippen LogP contribution is 2.23. The van der Waals surface area contributed by atoms with Gasteiger partial charge in [-0.1, -0.05) is 0 Å². The van der Waals surface area contributed by atoms with Crippen molar-refractivity contribution in [2.24, 2.45) is 0 Å². The second-order valence-electron chi connectivity index (χ2n) is 4.07. The van der Waals surface area contributed by atoms with Crippen LogP contribution in [0.3, 0.4) is 0 Å². The van der Waals surface area contributed by atoms with Crippen molar-refractivity contribution in [1.29, 1.82) is 0 Å². The maximum absolute atomic E-state index is 13.5. The molecule has 0 aliphatic heterocycles. The molecule has 1 N–H and O–H groups in total. The number of nitrogens with one attached hydrogen (secondary N) is 1. The quantitative estimate of drug-likeness (QED) is 0.887. The molecule has 0 saturated carbocycles. The second-order valence-corrected chi connectivity index (χ2v) is 6.54. The zero-order valence-corrected chi connectivity index (χ0v) is 12.9. The van der Waals surface area contributed by atoms with Gasteiger partial charge in [0, 0.05) is 16.6 Å². The molecule has 21 heavy (non-hydrogen) atoms. The van der Waals surface area contributed by atoms with Crippen molar-refractivity contribution in [1.82, 2.24) is 4.98 Å². The van der Waals surface area contributed by atoms with Crippen molar-refractivity contribution in [2.75, 3.05) is 4.72 Å². The van der Waals surface area contributed by atoms with Gasteiger partial charge >= 0.3 is 0 Å². The van der Waals surface area contributed by atoms with Gasteiger partial charge in [0.2, 0.25) is 0 Å². The Labute approximate surface area is 127 Å². The van der Waals surface area contributed by atoms with E-state index in [2.05, 4.69) is 20.9 Å². The van der Waals surface area contributed by atoms with Crippen LogP contribution in [0, 0.1) is 24.4 Å². The SMILES string of the molecule is Cc1nc(NS(=O)(=O)c2c(F)cc(F)cc2F)ccc1Br. The minimum Gasteiger partial charge on any atom is -0.263 e. The summed E-state index contributed by atoms with van der Waals surface area (Å²) >= 11 is 3.18. The number of aryl methyl sites for hydroxylation is 1. The summed E-state index contributed by atoms with van der Waals surface area (Å²) in [6, 6.07) is 3.42. The molecule has 1 aromatic heterocycles. The van der Waals surface area contributed by atoms with Crippen LogP contribution < -0.4 is 4.72 Å². The monoisotopic (exact) mass is 380 g/mol.